The van der Waals surface area contributed by atoms with Crippen LogP contribution in [-0.4, -0.2) is 40.6 Å². The number of carbonyl (C=O) groups excluding carboxylic acids is 2. The smallest absolute Gasteiger partial charge is 0.355 e. The van der Waals surface area contributed by atoms with Crippen molar-refractivity contribution in [1.29, 1.82) is 0 Å². The first-order valence-electron chi connectivity index (χ1n) is 13.3. The molecule has 2 heterocycles. The van der Waals surface area contributed by atoms with E-state index in [9.17, 15) is 14.4 Å². The summed E-state index contributed by atoms with van der Waals surface area (Å²) < 4.78 is 6.88. The number of nitrogens with one attached hydrogen (secondary N) is 3. The molecule has 0 spiro atoms. The number of esters is 1. The molecule has 1 unspecified atom stereocenters. The molecule has 0 bridgehead atoms. The van der Waals surface area contributed by atoms with Gasteiger partial charge in [0.2, 0.25) is 0 Å². The number of anilines is 2. The van der Waals surface area contributed by atoms with E-state index in [2.05, 4.69) is 27.7 Å². The molecule has 4 rings (SSSR count). The number of ether oxygens (including phenoxy) is 1. The topological polar surface area (TPSA) is 135 Å². The number of phenolic OH excluding ortho intramolecular Hbond substituents is 1. The second-order valence-electron chi connectivity index (χ2n) is 8.98. The Morgan fingerprint density at radius 2 is 1.95 bits per heavy atom. The number of fused-ring (bicyclic) bond motifs is 1. The number of allylic oxidation sites excluding steroid dienone is 6. The van der Waals surface area contributed by atoms with Crippen molar-refractivity contribution in [2.24, 2.45) is 0 Å². The highest BCUT2D eigenvalue weighted by Crippen LogP contribution is 2.45. The highest BCUT2D eigenvalue weighted by Gasteiger charge is 2.37. The maximum atomic E-state index is 13.2. The average molecular weight is 570 g/mol. The number of rotatable bonds is 9. The lowest BCUT2D eigenvalue weighted by molar-refractivity contribution is -0.138. The fourth-order valence-corrected chi connectivity index (χ4v) is 4.54. The summed E-state index contributed by atoms with van der Waals surface area (Å²) in [6.07, 6.45) is 7.67. The third kappa shape index (κ3) is 7.10. The van der Waals surface area contributed by atoms with Gasteiger partial charge in [-0.2, -0.15) is 4.98 Å². The number of hydrogen-bond donors (Lipinski definition) is 4. The van der Waals surface area contributed by atoms with Crippen molar-refractivity contribution in [2.75, 3.05) is 24.4 Å². The third-order valence-electron chi connectivity index (χ3n) is 6.18. The van der Waals surface area contributed by atoms with E-state index in [-0.39, 0.29) is 12.4 Å². The lowest BCUT2D eigenvalue weighted by Gasteiger charge is -2.33. The lowest BCUT2D eigenvalue weighted by Crippen LogP contribution is -2.35. The van der Waals surface area contributed by atoms with Crippen molar-refractivity contribution >= 4 is 29.6 Å². The number of benzene rings is 2. The Bertz CT molecular complexity index is 1590. The second-order valence-corrected chi connectivity index (χ2v) is 8.98. The van der Waals surface area contributed by atoms with Crippen molar-refractivity contribution in [1.82, 2.24) is 15.0 Å². The van der Waals surface area contributed by atoms with Crippen LogP contribution in [0.4, 0.5) is 11.6 Å². The van der Waals surface area contributed by atoms with Crippen molar-refractivity contribution in [3.63, 3.8) is 0 Å². The Morgan fingerprint density at radius 1 is 1.21 bits per heavy atom. The highest BCUT2D eigenvalue weighted by molar-refractivity contribution is 5.95. The van der Waals surface area contributed by atoms with Crippen molar-refractivity contribution in [3.8, 4) is 5.75 Å². The van der Waals surface area contributed by atoms with E-state index < -0.39 is 17.6 Å². The minimum Gasteiger partial charge on any atom is -0.508 e. The van der Waals surface area contributed by atoms with Crippen LogP contribution >= 0.6 is 0 Å². The standard InChI is InChI=1S/C25H29N5O3.C7H6O2/c1-6-12-18(13-7-2)30-23-21(22(29-26-5)28-25(30)32)20(17-14-10-9-11-15-17)19(16(4)27-23)24(31)33-8-3;8-5-6-2-1-3-7(9)4-6/h6-7,9-15,20,26-27H,1,8H2,2-5H3,(H,28,29,32);1-5,9H/b13-7-,18-12+;. The molecule has 42 heavy (non-hydrogen) atoms. The molecule has 1 aromatic heterocycles. The molecule has 0 aliphatic carbocycles. The Labute approximate surface area is 244 Å². The maximum Gasteiger partial charge on any atom is 0.355 e. The van der Waals surface area contributed by atoms with Gasteiger partial charge in [0.25, 0.3) is 0 Å². The number of hydrogen-bond acceptors (Lipinski definition) is 9. The Balaban J connectivity index is 0.000000458. The first-order chi connectivity index (χ1) is 20.3. The van der Waals surface area contributed by atoms with Gasteiger partial charge in [0, 0.05) is 23.9 Å². The number of phenols is 1. The van der Waals surface area contributed by atoms with Crippen LogP contribution in [0.25, 0.3) is 5.70 Å². The van der Waals surface area contributed by atoms with Gasteiger partial charge < -0.3 is 20.6 Å². The molecule has 10 heteroatoms. The van der Waals surface area contributed by atoms with Gasteiger partial charge in [-0.25, -0.2) is 19.6 Å². The summed E-state index contributed by atoms with van der Waals surface area (Å²) in [6, 6.07) is 15.8. The van der Waals surface area contributed by atoms with Crippen LogP contribution in [0, 0.1) is 0 Å². The number of aromatic nitrogens is 2. The zero-order chi connectivity index (χ0) is 30.6. The highest BCUT2D eigenvalue weighted by atomic mass is 16.5. The predicted octanol–water partition coefficient (Wildman–Crippen LogP) is 4.99. The van der Waals surface area contributed by atoms with Crippen LogP contribution in [0.15, 0.2) is 102 Å². The van der Waals surface area contributed by atoms with Gasteiger partial charge in [-0.05, 0) is 50.6 Å². The van der Waals surface area contributed by atoms with E-state index >= 15 is 0 Å². The SMILES string of the molecule is C=C/C=C(\C=C/C)n1c2c(c(NNC)nc1=O)C(c1ccccc1)C(C(=O)OCC)=C(C)N2.O=Cc1cccc(O)c1. The zero-order valence-electron chi connectivity index (χ0n) is 24.0. The molecular formula is C32H35N5O5. The normalized spacial score (nSPS) is 14.3. The van der Waals surface area contributed by atoms with Gasteiger partial charge in [-0.15, -0.1) is 0 Å². The molecule has 1 aliphatic rings. The summed E-state index contributed by atoms with van der Waals surface area (Å²) >= 11 is 0. The molecule has 0 amide bonds. The number of hydrazine groups is 1. The van der Waals surface area contributed by atoms with Crippen LogP contribution in [-0.2, 0) is 9.53 Å². The molecule has 1 atom stereocenters. The predicted molar refractivity (Wildman–Crippen MR) is 165 cm³/mol. The summed E-state index contributed by atoms with van der Waals surface area (Å²) in [4.78, 5) is 40.6. The summed E-state index contributed by atoms with van der Waals surface area (Å²) in [7, 11) is 1.68. The lowest BCUT2D eigenvalue weighted by atomic mass is 9.81. The number of nitrogens with zero attached hydrogens (tertiary/aromatic N) is 2. The summed E-state index contributed by atoms with van der Waals surface area (Å²) in [5.74, 6) is 0.0125. The van der Waals surface area contributed by atoms with Gasteiger partial charge in [0.1, 0.15) is 17.9 Å². The van der Waals surface area contributed by atoms with Crippen LogP contribution in [0.2, 0.25) is 0 Å². The van der Waals surface area contributed by atoms with Gasteiger partial charge in [-0.3, -0.25) is 4.79 Å². The van der Waals surface area contributed by atoms with E-state index in [1.165, 1.54) is 16.7 Å². The molecule has 0 saturated carbocycles. The Hall–Kier alpha value is -5.22. The van der Waals surface area contributed by atoms with Crippen LogP contribution < -0.4 is 21.9 Å². The van der Waals surface area contributed by atoms with Crippen LogP contribution in [0.3, 0.4) is 0 Å². The average Bonchev–Trinajstić information content (AvgIpc) is 2.97. The number of aldehydes is 1. The molecule has 0 radical (unpaired) electrons. The van der Waals surface area contributed by atoms with Gasteiger partial charge in [0.15, 0.2) is 5.82 Å². The van der Waals surface area contributed by atoms with E-state index in [4.69, 9.17) is 9.84 Å². The number of aromatic hydroxyl groups is 1. The fourth-order valence-electron chi connectivity index (χ4n) is 4.54. The Morgan fingerprint density at radius 3 is 2.52 bits per heavy atom. The molecular weight excluding hydrogens is 534 g/mol. The first kappa shape index (κ1) is 31.3. The summed E-state index contributed by atoms with van der Waals surface area (Å²) in [6.45, 7) is 9.46. The van der Waals surface area contributed by atoms with Gasteiger partial charge in [-0.1, -0.05) is 61.2 Å². The van der Waals surface area contributed by atoms with E-state index in [1.54, 1.807) is 51.3 Å². The van der Waals surface area contributed by atoms with E-state index in [0.717, 1.165) is 5.56 Å². The molecule has 218 valence electrons. The molecule has 2 aromatic carbocycles. The molecule has 3 aromatic rings. The van der Waals surface area contributed by atoms with Crippen molar-refractivity contribution in [3.05, 3.63) is 124 Å². The van der Waals surface area contributed by atoms with Crippen LogP contribution in [0.1, 0.15) is 48.2 Å². The second kappa shape index (κ2) is 15.0. The third-order valence-corrected chi connectivity index (χ3v) is 6.18. The quantitative estimate of drug-likeness (QED) is 0.122. The van der Waals surface area contributed by atoms with Gasteiger partial charge in [0.05, 0.1) is 23.8 Å². The summed E-state index contributed by atoms with van der Waals surface area (Å²) in [5.41, 5.74) is 8.99. The van der Waals surface area contributed by atoms with E-state index in [1.807, 2.05) is 43.3 Å². The molecule has 1 aliphatic heterocycles. The number of carbonyl (C=O) groups is 2. The maximum absolute atomic E-state index is 13.2. The monoisotopic (exact) mass is 569 g/mol. The molecule has 4 N–H and O–H groups in total. The molecule has 10 nitrogen and oxygen atoms in total. The van der Waals surface area contributed by atoms with Crippen molar-refractivity contribution in [2.45, 2.75) is 26.7 Å². The largest absolute Gasteiger partial charge is 0.508 e. The Kier molecular flexibility index (Phi) is 11.2. The fraction of sp³-hybridized carbons (Fsp3) is 0.188. The van der Waals surface area contributed by atoms with Crippen LogP contribution in [0.5, 0.6) is 5.75 Å². The zero-order valence-corrected chi connectivity index (χ0v) is 24.0. The van der Waals surface area contributed by atoms with Crippen molar-refractivity contribution < 1.29 is 19.4 Å². The minimum atomic E-state index is -0.521. The first-order valence-corrected chi connectivity index (χ1v) is 13.3. The van der Waals surface area contributed by atoms with Gasteiger partial charge >= 0.3 is 11.7 Å². The molecule has 0 fully saturated rings. The van der Waals surface area contributed by atoms with E-state index in [0.29, 0.717) is 46.0 Å². The minimum absolute atomic E-state index is 0.125. The molecule has 0 saturated heterocycles. The summed E-state index contributed by atoms with van der Waals surface area (Å²) in [5, 5.41) is 12.1.